The maximum atomic E-state index is 10.3. The first-order chi connectivity index (χ1) is 16.0. The summed E-state index contributed by atoms with van der Waals surface area (Å²) in [4.78, 5) is 4.91. The number of fused-ring (bicyclic) bond motifs is 1. The van der Waals surface area contributed by atoms with Gasteiger partial charge in [0.05, 0.1) is 10.6 Å². The summed E-state index contributed by atoms with van der Waals surface area (Å²) in [6.45, 7) is 11.8. The second-order valence-electron chi connectivity index (χ2n) is 8.87. The van der Waals surface area contributed by atoms with Gasteiger partial charge in [-0.15, -0.1) is 11.8 Å². The third-order valence-corrected chi connectivity index (χ3v) is 7.09. The predicted molar refractivity (Wildman–Crippen MR) is 144 cm³/mol. The van der Waals surface area contributed by atoms with Crippen LogP contribution in [0.1, 0.15) is 89.6 Å². The molecule has 33 heavy (non-hydrogen) atoms. The van der Waals surface area contributed by atoms with Gasteiger partial charge in [-0.1, -0.05) is 39.7 Å². The van der Waals surface area contributed by atoms with E-state index in [4.69, 9.17) is 9.73 Å². The molecule has 0 radical (unpaired) electrons. The average molecular weight is 469 g/mol. The summed E-state index contributed by atoms with van der Waals surface area (Å²) in [6, 6.07) is 5.66. The maximum Gasteiger partial charge on any atom is 0.134 e. The quantitative estimate of drug-likeness (QED) is 0.165. The molecule has 1 saturated heterocycles. The molecular formula is C28H40N2O2S. The number of aliphatic imine (C=N–C) groups is 1. The van der Waals surface area contributed by atoms with Gasteiger partial charge < -0.3 is 14.4 Å². The van der Waals surface area contributed by atoms with Gasteiger partial charge in [-0.05, 0) is 81.6 Å². The number of hydrogen-bond donors (Lipinski definition) is 1. The first-order valence-corrected chi connectivity index (χ1v) is 13.7. The summed E-state index contributed by atoms with van der Waals surface area (Å²) >= 11 is 1.68. The summed E-state index contributed by atoms with van der Waals surface area (Å²) in [6.07, 6.45) is 14.2. The van der Waals surface area contributed by atoms with Crippen LogP contribution in [0.4, 0.5) is 0 Å². The maximum absolute atomic E-state index is 10.3. The van der Waals surface area contributed by atoms with Crippen molar-refractivity contribution in [3.8, 4) is 5.75 Å². The second-order valence-corrected chi connectivity index (χ2v) is 9.87. The summed E-state index contributed by atoms with van der Waals surface area (Å²) < 4.78 is 8.54. The molecule has 1 unspecified atom stereocenters. The lowest BCUT2D eigenvalue weighted by Gasteiger charge is -2.27. The number of allylic oxidation sites excluding steroid dienone is 3. The lowest BCUT2D eigenvalue weighted by Crippen LogP contribution is -2.19. The lowest BCUT2D eigenvalue weighted by atomic mass is 10.00. The van der Waals surface area contributed by atoms with Crippen LogP contribution in [0.25, 0.3) is 16.5 Å². The minimum absolute atomic E-state index is 0.0385. The van der Waals surface area contributed by atoms with E-state index in [0.717, 1.165) is 71.5 Å². The molecule has 3 rings (SSSR count). The Morgan fingerprint density at radius 2 is 2.09 bits per heavy atom. The number of nitrogens with zero attached hydrogens (tertiary/aromatic N) is 2. The Kier molecular flexibility index (Phi) is 9.69. The van der Waals surface area contributed by atoms with Crippen molar-refractivity contribution in [2.75, 3.05) is 12.9 Å². The van der Waals surface area contributed by atoms with E-state index >= 15 is 0 Å². The fraction of sp³-hybridized carbons (Fsp3) is 0.536. The molecular weight excluding hydrogens is 428 g/mol. The topological polar surface area (TPSA) is 46.8 Å². The third kappa shape index (κ3) is 6.33. The first-order valence-electron chi connectivity index (χ1n) is 12.5. The Balaban J connectivity index is 2.07. The van der Waals surface area contributed by atoms with Crippen molar-refractivity contribution in [3.63, 3.8) is 0 Å². The Labute approximate surface area is 203 Å². The van der Waals surface area contributed by atoms with Gasteiger partial charge in [0.15, 0.2) is 0 Å². The SMILES string of the molecule is C=C(/C=C(/CCCCCC)N=C(C)SC)c1c(CC)n(C2CCCCO2)c2ccc(O)cc12. The minimum Gasteiger partial charge on any atom is -0.508 e. The number of aromatic hydroxyl groups is 1. The zero-order chi connectivity index (χ0) is 23.8. The van der Waals surface area contributed by atoms with E-state index < -0.39 is 0 Å². The largest absolute Gasteiger partial charge is 0.508 e. The van der Waals surface area contributed by atoms with Crippen LogP contribution >= 0.6 is 11.8 Å². The normalized spacial score (nSPS) is 17.6. The van der Waals surface area contributed by atoms with Gasteiger partial charge >= 0.3 is 0 Å². The molecule has 2 aromatic rings. The zero-order valence-corrected chi connectivity index (χ0v) is 21.6. The van der Waals surface area contributed by atoms with Gasteiger partial charge in [0.25, 0.3) is 0 Å². The van der Waals surface area contributed by atoms with E-state index in [1.807, 2.05) is 12.1 Å². The highest BCUT2D eigenvalue weighted by Gasteiger charge is 2.25. The molecule has 1 aliphatic heterocycles. The van der Waals surface area contributed by atoms with Crippen LogP contribution in [0, 0.1) is 0 Å². The van der Waals surface area contributed by atoms with Crippen molar-refractivity contribution in [2.24, 2.45) is 4.99 Å². The number of benzene rings is 1. The zero-order valence-electron chi connectivity index (χ0n) is 20.8. The molecule has 4 nitrogen and oxygen atoms in total. The highest BCUT2D eigenvalue weighted by molar-refractivity contribution is 8.13. The molecule has 0 amide bonds. The van der Waals surface area contributed by atoms with Crippen molar-refractivity contribution >= 4 is 33.3 Å². The number of rotatable bonds is 10. The molecule has 1 aromatic carbocycles. The van der Waals surface area contributed by atoms with E-state index in [1.165, 1.54) is 31.4 Å². The van der Waals surface area contributed by atoms with Crippen LogP contribution in [0.2, 0.25) is 0 Å². The first kappa shape index (κ1) is 25.6. The number of hydrogen-bond acceptors (Lipinski definition) is 4. The number of ether oxygens (including phenoxy) is 1. The van der Waals surface area contributed by atoms with Gasteiger partial charge in [-0.3, -0.25) is 4.99 Å². The highest BCUT2D eigenvalue weighted by atomic mass is 32.2. The van der Waals surface area contributed by atoms with Crippen LogP contribution in [0.15, 0.2) is 41.5 Å². The van der Waals surface area contributed by atoms with Crippen molar-refractivity contribution in [2.45, 2.75) is 84.8 Å². The molecule has 1 N–H and O–H groups in total. The predicted octanol–water partition coefficient (Wildman–Crippen LogP) is 8.26. The van der Waals surface area contributed by atoms with Gasteiger partial charge in [0, 0.05) is 28.9 Å². The molecule has 5 heteroatoms. The van der Waals surface area contributed by atoms with Gasteiger partial charge in [0.1, 0.15) is 12.0 Å². The van der Waals surface area contributed by atoms with Crippen LogP contribution < -0.4 is 0 Å². The van der Waals surface area contributed by atoms with Gasteiger partial charge in [-0.25, -0.2) is 0 Å². The van der Waals surface area contributed by atoms with Crippen LogP contribution in [-0.4, -0.2) is 27.6 Å². The summed E-state index contributed by atoms with van der Waals surface area (Å²) in [5.74, 6) is 0.279. The monoisotopic (exact) mass is 468 g/mol. The highest BCUT2D eigenvalue weighted by Crippen LogP contribution is 2.39. The standard InChI is InChI=1S/C28H40N2O2S/c1-6-8-9-10-13-22(29-21(4)33-5)18-20(3)28-24-19-23(31)15-16-26(24)30(25(28)7-2)27-14-11-12-17-32-27/h15-16,18-19,27,31H,3,6-14,17H2,1-2,4-5H3/b22-18-,29-21?. The molecule has 180 valence electrons. The second kappa shape index (κ2) is 12.5. The molecule has 0 aliphatic carbocycles. The Morgan fingerprint density at radius 3 is 2.76 bits per heavy atom. The number of aromatic nitrogens is 1. The van der Waals surface area contributed by atoms with Crippen LogP contribution in [0.3, 0.4) is 0 Å². The molecule has 1 atom stereocenters. The summed E-state index contributed by atoms with van der Waals surface area (Å²) in [5.41, 5.74) is 5.48. The smallest absolute Gasteiger partial charge is 0.134 e. The molecule has 1 fully saturated rings. The molecule has 0 spiro atoms. The van der Waals surface area contributed by atoms with Crippen molar-refractivity contribution in [1.82, 2.24) is 4.57 Å². The van der Waals surface area contributed by atoms with E-state index in [1.54, 1.807) is 17.8 Å². The third-order valence-electron chi connectivity index (χ3n) is 6.41. The Hall–Kier alpha value is -1.98. The molecule has 0 bridgehead atoms. The van der Waals surface area contributed by atoms with Crippen LogP contribution in [0.5, 0.6) is 5.75 Å². The van der Waals surface area contributed by atoms with E-state index in [2.05, 4.69) is 44.2 Å². The van der Waals surface area contributed by atoms with Crippen LogP contribution in [-0.2, 0) is 11.2 Å². The molecule has 0 saturated carbocycles. The van der Waals surface area contributed by atoms with Crippen molar-refractivity contribution in [1.29, 1.82) is 0 Å². The van der Waals surface area contributed by atoms with E-state index in [9.17, 15) is 5.11 Å². The van der Waals surface area contributed by atoms with Crippen molar-refractivity contribution < 1.29 is 9.84 Å². The number of phenols is 1. The Morgan fingerprint density at radius 1 is 1.27 bits per heavy atom. The number of phenolic OH excluding ortho intramolecular Hbond substituents is 1. The van der Waals surface area contributed by atoms with Gasteiger partial charge in [-0.2, -0.15) is 0 Å². The minimum atomic E-state index is 0.0385. The summed E-state index contributed by atoms with van der Waals surface area (Å²) in [7, 11) is 0. The summed E-state index contributed by atoms with van der Waals surface area (Å²) in [5, 5.41) is 12.4. The molecule has 1 aromatic heterocycles. The fourth-order valence-corrected chi connectivity index (χ4v) is 4.94. The average Bonchev–Trinajstić information content (AvgIpc) is 3.15. The van der Waals surface area contributed by atoms with Crippen molar-refractivity contribution in [3.05, 3.63) is 47.8 Å². The molecule has 2 heterocycles. The van der Waals surface area contributed by atoms with E-state index in [-0.39, 0.29) is 12.0 Å². The fourth-order valence-electron chi connectivity index (χ4n) is 4.73. The molecule has 1 aliphatic rings. The number of unbranched alkanes of at least 4 members (excludes halogenated alkanes) is 3. The lowest BCUT2D eigenvalue weighted by molar-refractivity contribution is -0.0305. The van der Waals surface area contributed by atoms with E-state index in [0.29, 0.717) is 0 Å². The number of thioether (sulfide) groups is 1. The Bertz CT molecular complexity index is 1010. The van der Waals surface area contributed by atoms with Gasteiger partial charge in [0.2, 0.25) is 0 Å².